The lowest BCUT2D eigenvalue weighted by atomic mass is 10.2. The molecule has 0 amide bonds. The van der Waals surface area contributed by atoms with E-state index >= 15 is 0 Å². The minimum atomic E-state index is -2.91. The quantitative estimate of drug-likeness (QED) is 0.847. The van der Waals surface area contributed by atoms with E-state index in [1.54, 1.807) is 0 Å². The normalized spacial score (nSPS) is 18.9. The Kier molecular flexibility index (Phi) is 4.19. The summed E-state index contributed by atoms with van der Waals surface area (Å²) in [4.78, 5) is 2.03. The Morgan fingerprint density at radius 1 is 1.32 bits per heavy atom. The van der Waals surface area contributed by atoms with Crippen LogP contribution in [0.2, 0.25) is 0 Å². The van der Waals surface area contributed by atoms with Crippen LogP contribution in [0.1, 0.15) is 13.3 Å². The van der Waals surface area contributed by atoms with Gasteiger partial charge in [-0.25, -0.2) is 8.42 Å². The van der Waals surface area contributed by atoms with Gasteiger partial charge in [0, 0.05) is 13.1 Å². The first kappa shape index (κ1) is 14.0. The predicted molar refractivity (Wildman–Crippen MR) is 77.5 cm³/mol. The summed E-state index contributed by atoms with van der Waals surface area (Å²) in [5.41, 5.74) is 7.55. The molecular formula is C13H20N2O3S. The second-order valence-electron chi connectivity index (χ2n) is 4.61. The molecular weight excluding hydrogens is 264 g/mol. The molecule has 1 heterocycles. The highest BCUT2D eigenvalue weighted by atomic mass is 32.2. The van der Waals surface area contributed by atoms with Gasteiger partial charge in [-0.15, -0.1) is 0 Å². The van der Waals surface area contributed by atoms with Gasteiger partial charge in [0.15, 0.2) is 9.84 Å². The van der Waals surface area contributed by atoms with E-state index in [0.29, 0.717) is 37.6 Å². The summed E-state index contributed by atoms with van der Waals surface area (Å²) in [5.74, 6) is 1.10. The molecule has 0 aliphatic carbocycles. The zero-order chi connectivity index (χ0) is 13.9. The number of para-hydroxylation sites is 1. The number of anilines is 2. The van der Waals surface area contributed by atoms with Gasteiger partial charge in [-0.2, -0.15) is 0 Å². The maximum atomic E-state index is 11.6. The molecule has 2 N–H and O–H groups in total. The average Bonchev–Trinajstić information content (AvgIpc) is 2.53. The lowest BCUT2D eigenvalue weighted by Crippen LogP contribution is -2.27. The molecule has 1 aromatic rings. The zero-order valence-electron chi connectivity index (χ0n) is 11.1. The molecule has 0 aromatic heterocycles. The molecule has 1 aliphatic rings. The lowest BCUT2D eigenvalue weighted by Gasteiger charge is -2.24. The maximum absolute atomic E-state index is 11.6. The molecule has 106 valence electrons. The molecule has 0 unspecified atom stereocenters. The molecule has 2 rings (SSSR count). The van der Waals surface area contributed by atoms with Gasteiger partial charge >= 0.3 is 0 Å². The number of benzene rings is 1. The molecule has 0 radical (unpaired) electrons. The maximum Gasteiger partial charge on any atom is 0.152 e. The molecule has 1 aromatic carbocycles. The number of ether oxygens (including phenoxy) is 1. The van der Waals surface area contributed by atoms with Crippen LogP contribution in [-0.2, 0) is 9.84 Å². The Morgan fingerprint density at radius 2 is 2.11 bits per heavy atom. The van der Waals surface area contributed by atoms with Crippen molar-refractivity contribution in [3.63, 3.8) is 0 Å². The van der Waals surface area contributed by atoms with Crippen molar-refractivity contribution in [1.29, 1.82) is 0 Å². The summed E-state index contributed by atoms with van der Waals surface area (Å²) < 4.78 is 28.7. The van der Waals surface area contributed by atoms with Crippen molar-refractivity contribution in [3.8, 4) is 5.75 Å². The Balaban J connectivity index is 2.24. The van der Waals surface area contributed by atoms with E-state index in [9.17, 15) is 8.42 Å². The van der Waals surface area contributed by atoms with Gasteiger partial charge in [0.05, 0.1) is 29.5 Å². The van der Waals surface area contributed by atoms with Crippen LogP contribution >= 0.6 is 0 Å². The van der Waals surface area contributed by atoms with Crippen molar-refractivity contribution in [2.24, 2.45) is 0 Å². The highest BCUT2D eigenvalue weighted by molar-refractivity contribution is 7.91. The van der Waals surface area contributed by atoms with Crippen LogP contribution in [0.5, 0.6) is 5.75 Å². The Bertz CT molecular complexity index is 543. The van der Waals surface area contributed by atoms with E-state index in [4.69, 9.17) is 10.5 Å². The van der Waals surface area contributed by atoms with E-state index in [2.05, 4.69) is 0 Å². The number of sulfone groups is 1. The molecule has 1 saturated heterocycles. The van der Waals surface area contributed by atoms with Gasteiger partial charge < -0.3 is 15.4 Å². The Hall–Kier alpha value is -1.43. The van der Waals surface area contributed by atoms with Crippen LogP contribution in [0, 0.1) is 0 Å². The second-order valence-corrected chi connectivity index (χ2v) is 6.92. The lowest BCUT2D eigenvalue weighted by molar-refractivity contribution is 0.342. The first-order chi connectivity index (χ1) is 9.03. The zero-order valence-corrected chi connectivity index (χ0v) is 11.9. The highest BCUT2D eigenvalue weighted by Gasteiger charge is 2.21. The van der Waals surface area contributed by atoms with Gasteiger partial charge in [0.25, 0.3) is 0 Å². The predicted octanol–water partition coefficient (Wildman–Crippen LogP) is 1.29. The second kappa shape index (κ2) is 5.69. The summed E-state index contributed by atoms with van der Waals surface area (Å²) in [6.45, 7) is 3.66. The van der Waals surface area contributed by atoms with Gasteiger partial charge in [0.2, 0.25) is 0 Å². The molecule has 0 spiro atoms. The summed E-state index contributed by atoms with van der Waals surface area (Å²) in [6.07, 6.45) is 0.640. The molecule has 6 heteroatoms. The van der Waals surface area contributed by atoms with E-state index in [1.807, 2.05) is 30.0 Å². The van der Waals surface area contributed by atoms with E-state index in [1.165, 1.54) is 0 Å². The van der Waals surface area contributed by atoms with Gasteiger partial charge in [-0.3, -0.25) is 0 Å². The number of rotatable bonds is 3. The van der Waals surface area contributed by atoms with Crippen LogP contribution in [0.3, 0.4) is 0 Å². The van der Waals surface area contributed by atoms with Crippen LogP contribution < -0.4 is 15.4 Å². The third kappa shape index (κ3) is 3.32. The standard InChI is InChI=1S/C13H20N2O3S/c1-2-18-12-6-3-5-11(13(12)14)15-7-4-9-19(16,17)10-8-15/h3,5-6H,2,4,7-10,14H2,1H3. The van der Waals surface area contributed by atoms with Crippen molar-refractivity contribution in [2.45, 2.75) is 13.3 Å². The highest BCUT2D eigenvalue weighted by Crippen LogP contribution is 2.32. The fraction of sp³-hybridized carbons (Fsp3) is 0.538. The first-order valence-electron chi connectivity index (χ1n) is 6.50. The van der Waals surface area contributed by atoms with Crippen molar-refractivity contribution in [2.75, 3.05) is 41.8 Å². The Labute approximate surface area is 114 Å². The fourth-order valence-electron chi connectivity index (χ4n) is 2.27. The van der Waals surface area contributed by atoms with Crippen molar-refractivity contribution < 1.29 is 13.2 Å². The van der Waals surface area contributed by atoms with Crippen molar-refractivity contribution in [1.82, 2.24) is 0 Å². The third-order valence-corrected chi connectivity index (χ3v) is 4.95. The molecule has 19 heavy (non-hydrogen) atoms. The third-order valence-electron chi connectivity index (χ3n) is 3.24. The average molecular weight is 284 g/mol. The summed E-state index contributed by atoms with van der Waals surface area (Å²) >= 11 is 0. The summed E-state index contributed by atoms with van der Waals surface area (Å²) in [7, 11) is -2.91. The first-order valence-corrected chi connectivity index (χ1v) is 8.32. The van der Waals surface area contributed by atoms with Gasteiger partial charge in [-0.1, -0.05) is 6.07 Å². The van der Waals surface area contributed by atoms with Gasteiger partial charge in [0.1, 0.15) is 5.75 Å². The van der Waals surface area contributed by atoms with Crippen LogP contribution in [-0.4, -0.2) is 39.6 Å². The number of hydrogen-bond acceptors (Lipinski definition) is 5. The largest absolute Gasteiger partial charge is 0.492 e. The number of nitrogens with zero attached hydrogens (tertiary/aromatic N) is 1. The monoisotopic (exact) mass is 284 g/mol. The molecule has 0 atom stereocenters. The van der Waals surface area contributed by atoms with E-state index < -0.39 is 9.84 Å². The smallest absolute Gasteiger partial charge is 0.152 e. The topological polar surface area (TPSA) is 72.6 Å². The molecule has 0 saturated carbocycles. The van der Waals surface area contributed by atoms with Gasteiger partial charge in [-0.05, 0) is 25.5 Å². The number of nitrogen functional groups attached to an aromatic ring is 1. The number of hydrogen-bond donors (Lipinski definition) is 1. The minimum absolute atomic E-state index is 0.186. The fourth-order valence-corrected chi connectivity index (χ4v) is 3.54. The molecule has 1 fully saturated rings. The number of nitrogens with two attached hydrogens (primary N) is 1. The van der Waals surface area contributed by atoms with Crippen LogP contribution in [0.25, 0.3) is 0 Å². The van der Waals surface area contributed by atoms with Crippen molar-refractivity contribution >= 4 is 21.2 Å². The summed E-state index contributed by atoms with van der Waals surface area (Å²) in [5, 5.41) is 0. The molecule has 1 aliphatic heterocycles. The minimum Gasteiger partial charge on any atom is -0.492 e. The van der Waals surface area contributed by atoms with E-state index in [0.717, 1.165) is 5.69 Å². The van der Waals surface area contributed by atoms with Crippen LogP contribution in [0.4, 0.5) is 11.4 Å². The molecule has 0 bridgehead atoms. The molecule has 5 nitrogen and oxygen atoms in total. The Morgan fingerprint density at radius 3 is 2.84 bits per heavy atom. The van der Waals surface area contributed by atoms with E-state index in [-0.39, 0.29) is 11.5 Å². The SMILES string of the molecule is CCOc1cccc(N2CCCS(=O)(=O)CC2)c1N. The van der Waals surface area contributed by atoms with Crippen molar-refractivity contribution in [3.05, 3.63) is 18.2 Å². The van der Waals surface area contributed by atoms with Crippen LogP contribution in [0.15, 0.2) is 18.2 Å². The summed E-state index contributed by atoms with van der Waals surface area (Å²) in [6, 6.07) is 5.63.